The minimum Gasteiger partial charge on any atom is -0.334 e. The second kappa shape index (κ2) is 6.50. The lowest BCUT2D eigenvalue weighted by molar-refractivity contribution is 0.0687. The molecule has 6 heteroatoms. The molecule has 1 aromatic rings. The van der Waals surface area contributed by atoms with Crippen molar-refractivity contribution in [1.29, 1.82) is 0 Å². The molecule has 1 amide bonds. The minimum atomic E-state index is -0.784. The van der Waals surface area contributed by atoms with Gasteiger partial charge >= 0.3 is 0 Å². The van der Waals surface area contributed by atoms with Crippen molar-refractivity contribution in [3.63, 3.8) is 0 Å². The minimum absolute atomic E-state index is 0.0283. The van der Waals surface area contributed by atoms with Gasteiger partial charge < -0.3 is 10.2 Å². The van der Waals surface area contributed by atoms with E-state index in [1.807, 2.05) is 6.92 Å². The van der Waals surface area contributed by atoms with Crippen LogP contribution in [0.5, 0.6) is 0 Å². The first-order valence-electron chi connectivity index (χ1n) is 6.70. The van der Waals surface area contributed by atoms with Crippen molar-refractivity contribution in [1.82, 2.24) is 10.2 Å². The van der Waals surface area contributed by atoms with Gasteiger partial charge in [0.15, 0.2) is 0 Å². The van der Waals surface area contributed by atoms with Crippen LogP contribution in [-0.2, 0) is 0 Å². The zero-order valence-electron chi connectivity index (χ0n) is 11.3. The Morgan fingerprint density at radius 2 is 2.20 bits per heavy atom. The maximum atomic E-state index is 13.9. The van der Waals surface area contributed by atoms with Gasteiger partial charge in [0, 0.05) is 19.1 Å². The van der Waals surface area contributed by atoms with Crippen LogP contribution in [0.1, 0.15) is 30.1 Å². The summed E-state index contributed by atoms with van der Waals surface area (Å²) in [6.07, 6.45) is 1.59. The summed E-state index contributed by atoms with van der Waals surface area (Å²) in [5, 5.41) is 2.85. The van der Waals surface area contributed by atoms with Gasteiger partial charge in [0.25, 0.3) is 5.91 Å². The van der Waals surface area contributed by atoms with Gasteiger partial charge in [-0.25, -0.2) is 8.78 Å². The van der Waals surface area contributed by atoms with Crippen molar-refractivity contribution >= 4 is 17.5 Å². The first kappa shape index (κ1) is 15.2. The highest BCUT2D eigenvalue weighted by Crippen LogP contribution is 2.22. The maximum absolute atomic E-state index is 13.9. The Morgan fingerprint density at radius 3 is 2.80 bits per heavy atom. The number of hydrogen-bond acceptors (Lipinski definition) is 2. The number of hydrogen-bond donors (Lipinski definition) is 1. The fraction of sp³-hybridized carbons (Fsp3) is 0.500. The van der Waals surface area contributed by atoms with E-state index >= 15 is 0 Å². The number of halogens is 3. The predicted octanol–water partition coefficient (Wildman–Crippen LogP) is 2.83. The quantitative estimate of drug-likeness (QED) is 0.868. The number of rotatable bonds is 4. The molecule has 1 aliphatic rings. The summed E-state index contributed by atoms with van der Waals surface area (Å²) in [6, 6.07) is 1.76. The zero-order chi connectivity index (χ0) is 14.7. The predicted molar refractivity (Wildman–Crippen MR) is 74.0 cm³/mol. The van der Waals surface area contributed by atoms with E-state index in [-0.39, 0.29) is 16.6 Å². The van der Waals surface area contributed by atoms with Crippen molar-refractivity contribution in [2.24, 2.45) is 0 Å². The Balaban J connectivity index is 2.29. The van der Waals surface area contributed by atoms with Crippen LogP contribution in [0.25, 0.3) is 0 Å². The number of carbonyl (C=O) groups is 1. The fourth-order valence-electron chi connectivity index (χ4n) is 2.44. The lowest BCUT2D eigenvalue weighted by Gasteiger charge is -2.28. The Hall–Kier alpha value is -1.20. The highest BCUT2D eigenvalue weighted by molar-refractivity contribution is 6.30. The van der Waals surface area contributed by atoms with Gasteiger partial charge in [-0.2, -0.15) is 0 Å². The second-order valence-corrected chi connectivity index (χ2v) is 5.30. The molecule has 1 N–H and O–H groups in total. The van der Waals surface area contributed by atoms with Gasteiger partial charge in [-0.1, -0.05) is 18.5 Å². The monoisotopic (exact) mass is 302 g/mol. The summed E-state index contributed by atoms with van der Waals surface area (Å²) in [7, 11) is 0. The molecule has 2 rings (SSSR count). The van der Waals surface area contributed by atoms with Crippen LogP contribution in [0.15, 0.2) is 12.1 Å². The molecule has 0 aliphatic carbocycles. The molecule has 1 aromatic carbocycles. The molecule has 1 saturated heterocycles. The summed E-state index contributed by atoms with van der Waals surface area (Å²) in [5.74, 6) is -2.04. The zero-order valence-corrected chi connectivity index (χ0v) is 12.0. The van der Waals surface area contributed by atoms with E-state index in [9.17, 15) is 13.6 Å². The van der Waals surface area contributed by atoms with Gasteiger partial charge in [0.1, 0.15) is 11.6 Å². The van der Waals surface area contributed by atoms with Crippen LogP contribution in [0.4, 0.5) is 8.78 Å². The van der Waals surface area contributed by atoms with Gasteiger partial charge in [-0.3, -0.25) is 4.79 Å². The summed E-state index contributed by atoms with van der Waals surface area (Å²) in [6.45, 7) is 3.98. The smallest absolute Gasteiger partial charge is 0.257 e. The van der Waals surface area contributed by atoms with E-state index in [1.54, 1.807) is 4.90 Å². The number of carbonyl (C=O) groups excluding carboxylic acids is 1. The highest BCUT2D eigenvalue weighted by Gasteiger charge is 2.28. The van der Waals surface area contributed by atoms with Crippen molar-refractivity contribution in [2.75, 3.05) is 19.6 Å². The maximum Gasteiger partial charge on any atom is 0.257 e. The van der Waals surface area contributed by atoms with Crippen LogP contribution >= 0.6 is 11.6 Å². The molecule has 0 aromatic heterocycles. The SMILES string of the molecule is CCCN(C(=O)c1cc(F)c(Cl)cc1F)C1CCNC1. The first-order valence-corrected chi connectivity index (χ1v) is 7.08. The molecule has 1 aliphatic heterocycles. The Bertz CT molecular complexity index is 504. The van der Waals surface area contributed by atoms with E-state index in [1.165, 1.54) is 0 Å². The number of nitrogens with zero attached hydrogens (tertiary/aromatic N) is 1. The summed E-state index contributed by atoms with van der Waals surface area (Å²) in [5.41, 5.74) is -0.257. The Morgan fingerprint density at radius 1 is 1.45 bits per heavy atom. The number of amides is 1. The van der Waals surface area contributed by atoms with E-state index in [0.717, 1.165) is 31.5 Å². The van der Waals surface area contributed by atoms with Crippen LogP contribution in [0.2, 0.25) is 5.02 Å². The standard InChI is InChI=1S/C14H17ClF2N2O/c1-2-5-19(9-3-4-18-8-9)14(20)10-6-13(17)11(15)7-12(10)16/h6-7,9,18H,2-5,8H2,1H3. The van der Waals surface area contributed by atoms with E-state index < -0.39 is 17.5 Å². The van der Waals surface area contributed by atoms with Crippen molar-refractivity contribution in [3.05, 3.63) is 34.4 Å². The van der Waals surface area contributed by atoms with Crippen LogP contribution < -0.4 is 5.32 Å². The third-order valence-corrected chi connectivity index (χ3v) is 3.73. The first-order chi connectivity index (χ1) is 9.54. The lowest BCUT2D eigenvalue weighted by Crippen LogP contribution is -2.42. The van der Waals surface area contributed by atoms with Gasteiger partial charge in [0.05, 0.1) is 10.6 Å². The highest BCUT2D eigenvalue weighted by atomic mass is 35.5. The molecule has 0 bridgehead atoms. The molecular formula is C14H17ClF2N2O. The average Bonchev–Trinajstić information content (AvgIpc) is 2.93. The summed E-state index contributed by atoms with van der Waals surface area (Å²) >= 11 is 5.51. The van der Waals surface area contributed by atoms with E-state index in [2.05, 4.69) is 5.32 Å². The van der Waals surface area contributed by atoms with Crippen LogP contribution in [0, 0.1) is 11.6 Å². The normalized spacial score (nSPS) is 18.3. The molecule has 0 radical (unpaired) electrons. The summed E-state index contributed by atoms with van der Waals surface area (Å²) < 4.78 is 27.3. The van der Waals surface area contributed by atoms with Crippen molar-refractivity contribution in [2.45, 2.75) is 25.8 Å². The molecule has 110 valence electrons. The van der Waals surface area contributed by atoms with E-state index in [4.69, 9.17) is 11.6 Å². The molecule has 20 heavy (non-hydrogen) atoms. The lowest BCUT2D eigenvalue weighted by atomic mass is 10.1. The van der Waals surface area contributed by atoms with Gasteiger partial charge in [-0.05, 0) is 31.5 Å². The molecular weight excluding hydrogens is 286 g/mol. The third kappa shape index (κ3) is 3.10. The van der Waals surface area contributed by atoms with Crippen molar-refractivity contribution in [3.8, 4) is 0 Å². The Labute approximate surface area is 121 Å². The molecule has 1 unspecified atom stereocenters. The average molecular weight is 303 g/mol. The van der Waals surface area contributed by atoms with Gasteiger partial charge in [-0.15, -0.1) is 0 Å². The molecule has 1 atom stereocenters. The molecule has 1 heterocycles. The largest absolute Gasteiger partial charge is 0.334 e. The molecule has 0 spiro atoms. The van der Waals surface area contributed by atoms with Crippen molar-refractivity contribution < 1.29 is 13.6 Å². The summed E-state index contributed by atoms with van der Waals surface area (Å²) in [4.78, 5) is 14.1. The van der Waals surface area contributed by atoms with Gasteiger partial charge in [0.2, 0.25) is 0 Å². The van der Waals surface area contributed by atoms with E-state index in [0.29, 0.717) is 13.1 Å². The number of benzene rings is 1. The van der Waals surface area contributed by atoms with Crippen LogP contribution in [0.3, 0.4) is 0 Å². The topological polar surface area (TPSA) is 32.3 Å². The Kier molecular flexibility index (Phi) is 4.94. The fourth-order valence-corrected chi connectivity index (χ4v) is 2.59. The molecule has 0 saturated carbocycles. The third-order valence-electron chi connectivity index (χ3n) is 3.44. The molecule has 1 fully saturated rings. The molecule has 3 nitrogen and oxygen atoms in total. The number of nitrogens with one attached hydrogen (secondary N) is 1. The van der Waals surface area contributed by atoms with Crippen LogP contribution in [-0.4, -0.2) is 36.5 Å². The second-order valence-electron chi connectivity index (χ2n) is 4.89.